The highest BCUT2D eigenvalue weighted by Crippen LogP contribution is 2.21. The molecule has 0 aliphatic heterocycles. The van der Waals surface area contributed by atoms with E-state index in [1.165, 1.54) is 0 Å². The summed E-state index contributed by atoms with van der Waals surface area (Å²) in [5.41, 5.74) is 0.829. The summed E-state index contributed by atoms with van der Waals surface area (Å²) in [4.78, 5) is 12.6. The average molecular weight is 320 g/mol. The Hall–Kier alpha value is -0.490. The number of carbonyl (C=O) groups excluding carboxylic acids is 1. The molecule has 0 unspecified atom stereocenters. The van der Waals surface area contributed by atoms with Gasteiger partial charge in [0.2, 0.25) is 0 Å². The lowest BCUT2D eigenvalue weighted by Gasteiger charge is -2.21. The third-order valence-corrected chi connectivity index (χ3v) is 4.61. The molecule has 4 nitrogen and oxygen atoms in total. The Kier molecular flexibility index (Phi) is 5.06. The van der Waals surface area contributed by atoms with E-state index >= 15 is 0 Å². The standard InChI is InChI=1S/C11H18BrN3OS/c1-7(2)8-9(17-15-14-8)10(16)13-6-11(3,4)5-12/h7H,5-6H2,1-4H3,(H,13,16). The summed E-state index contributed by atoms with van der Waals surface area (Å²) in [5.74, 6) is 0.149. The molecule has 0 aliphatic carbocycles. The minimum Gasteiger partial charge on any atom is -0.351 e. The molecular formula is C11H18BrN3OS. The SMILES string of the molecule is CC(C)c1nnsc1C(=O)NCC(C)(C)CBr. The van der Waals surface area contributed by atoms with Gasteiger partial charge in [-0.05, 0) is 22.9 Å². The smallest absolute Gasteiger partial charge is 0.264 e. The first-order valence-corrected chi connectivity index (χ1v) is 7.43. The summed E-state index contributed by atoms with van der Waals surface area (Å²) in [5, 5.41) is 7.78. The predicted octanol–water partition coefficient (Wildman–Crippen LogP) is 2.81. The van der Waals surface area contributed by atoms with E-state index in [0.29, 0.717) is 11.4 Å². The summed E-state index contributed by atoms with van der Waals surface area (Å²) >= 11 is 4.59. The third kappa shape index (κ3) is 4.03. The molecule has 1 heterocycles. The summed E-state index contributed by atoms with van der Waals surface area (Å²) in [7, 11) is 0. The Bertz CT molecular complexity index is 390. The molecule has 1 amide bonds. The second-order valence-corrected chi connectivity index (χ2v) is 6.44. The zero-order valence-corrected chi connectivity index (χ0v) is 13.0. The van der Waals surface area contributed by atoms with Gasteiger partial charge >= 0.3 is 0 Å². The van der Waals surface area contributed by atoms with Gasteiger partial charge in [-0.2, -0.15) is 0 Å². The van der Waals surface area contributed by atoms with Gasteiger partial charge in [0.1, 0.15) is 4.88 Å². The zero-order chi connectivity index (χ0) is 13.1. The Morgan fingerprint density at radius 1 is 1.53 bits per heavy atom. The summed E-state index contributed by atoms with van der Waals surface area (Å²) in [6.07, 6.45) is 0. The number of alkyl halides is 1. The minimum atomic E-state index is -0.0716. The van der Waals surface area contributed by atoms with Crippen LogP contribution < -0.4 is 5.32 Å². The maximum atomic E-state index is 12.0. The van der Waals surface area contributed by atoms with Crippen molar-refractivity contribution in [2.75, 3.05) is 11.9 Å². The summed E-state index contributed by atoms with van der Waals surface area (Å²) < 4.78 is 3.85. The topological polar surface area (TPSA) is 54.9 Å². The van der Waals surface area contributed by atoms with Crippen molar-refractivity contribution in [2.24, 2.45) is 5.41 Å². The van der Waals surface area contributed by atoms with Crippen LogP contribution in [-0.2, 0) is 0 Å². The van der Waals surface area contributed by atoms with Crippen molar-refractivity contribution in [3.05, 3.63) is 10.6 Å². The van der Waals surface area contributed by atoms with Crippen LogP contribution in [0.25, 0.3) is 0 Å². The van der Waals surface area contributed by atoms with Crippen molar-refractivity contribution < 1.29 is 4.79 Å². The Balaban J connectivity index is 2.68. The molecule has 0 bridgehead atoms. The highest BCUT2D eigenvalue weighted by molar-refractivity contribution is 9.09. The molecule has 1 aromatic heterocycles. The molecule has 1 rings (SSSR count). The quantitative estimate of drug-likeness (QED) is 0.849. The van der Waals surface area contributed by atoms with E-state index < -0.39 is 0 Å². The molecule has 0 aromatic carbocycles. The average Bonchev–Trinajstić information content (AvgIpc) is 2.75. The Labute approximate surface area is 114 Å². The fourth-order valence-electron chi connectivity index (χ4n) is 1.18. The fraction of sp³-hybridized carbons (Fsp3) is 0.727. The number of rotatable bonds is 5. The first kappa shape index (κ1) is 14.6. The fourth-order valence-corrected chi connectivity index (χ4v) is 2.11. The molecule has 17 heavy (non-hydrogen) atoms. The van der Waals surface area contributed by atoms with Gasteiger partial charge in [0.05, 0.1) is 5.69 Å². The lowest BCUT2D eigenvalue weighted by atomic mass is 9.97. The Morgan fingerprint density at radius 3 is 2.71 bits per heavy atom. The van der Waals surface area contributed by atoms with Gasteiger partial charge in [0.25, 0.3) is 5.91 Å². The molecule has 0 fully saturated rings. The van der Waals surface area contributed by atoms with E-state index in [-0.39, 0.29) is 17.2 Å². The third-order valence-electron chi connectivity index (χ3n) is 2.36. The van der Waals surface area contributed by atoms with Gasteiger partial charge in [-0.25, -0.2) is 0 Å². The summed E-state index contributed by atoms with van der Waals surface area (Å²) in [6.45, 7) is 8.84. The summed E-state index contributed by atoms with van der Waals surface area (Å²) in [6, 6.07) is 0. The number of aromatic nitrogens is 2. The minimum absolute atomic E-state index is 0.0474. The number of nitrogens with one attached hydrogen (secondary N) is 1. The van der Waals surface area contributed by atoms with Gasteiger partial charge < -0.3 is 5.32 Å². The molecule has 96 valence electrons. The number of hydrogen-bond donors (Lipinski definition) is 1. The van der Waals surface area contributed by atoms with Crippen LogP contribution in [0.4, 0.5) is 0 Å². The van der Waals surface area contributed by atoms with Crippen LogP contribution >= 0.6 is 27.5 Å². The van der Waals surface area contributed by atoms with Crippen LogP contribution in [-0.4, -0.2) is 27.4 Å². The predicted molar refractivity (Wildman–Crippen MR) is 73.9 cm³/mol. The number of amides is 1. The highest BCUT2D eigenvalue weighted by Gasteiger charge is 2.21. The first-order chi connectivity index (χ1) is 7.87. The normalized spacial score (nSPS) is 11.9. The van der Waals surface area contributed by atoms with Crippen LogP contribution in [0.3, 0.4) is 0 Å². The molecular weight excluding hydrogens is 302 g/mol. The van der Waals surface area contributed by atoms with Crippen LogP contribution in [0, 0.1) is 5.41 Å². The lowest BCUT2D eigenvalue weighted by Crippen LogP contribution is -2.35. The Morgan fingerprint density at radius 2 is 2.18 bits per heavy atom. The second-order valence-electron chi connectivity index (χ2n) is 5.12. The van der Waals surface area contributed by atoms with Gasteiger partial charge in [-0.1, -0.05) is 48.1 Å². The number of carbonyl (C=O) groups is 1. The van der Waals surface area contributed by atoms with E-state index in [0.717, 1.165) is 22.6 Å². The second kappa shape index (κ2) is 5.91. The van der Waals surface area contributed by atoms with E-state index in [9.17, 15) is 4.79 Å². The van der Waals surface area contributed by atoms with Crippen LogP contribution in [0.5, 0.6) is 0 Å². The molecule has 0 atom stereocenters. The molecule has 1 N–H and O–H groups in total. The number of halogens is 1. The molecule has 6 heteroatoms. The van der Waals surface area contributed by atoms with Crippen molar-refractivity contribution in [1.29, 1.82) is 0 Å². The molecule has 0 saturated heterocycles. The molecule has 0 spiro atoms. The van der Waals surface area contributed by atoms with Crippen molar-refractivity contribution in [3.8, 4) is 0 Å². The van der Waals surface area contributed by atoms with Crippen molar-refractivity contribution in [3.63, 3.8) is 0 Å². The van der Waals surface area contributed by atoms with E-state index in [2.05, 4.69) is 44.7 Å². The van der Waals surface area contributed by atoms with Crippen LogP contribution in [0.1, 0.15) is 49.0 Å². The number of nitrogens with zero attached hydrogens (tertiary/aromatic N) is 2. The largest absolute Gasteiger partial charge is 0.351 e. The lowest BCUT2D eigenvalue weighted by molar-refractivity contribution is 0.0943. The molecule has 0 aliphatic rings. The molecule has 0 radical (unpaired) electrons. The highest BCUT2D eigenvalue weighted by atomic mass is 79.9. The van der Waals surface area contributed by atoms with Crippen LogP contribution in [0.2, 0.25) is 0 Å². The van der Waals surface area contributed by atoms with E-state index in [1.54, 1.807) is 0 Å². The molecule has 1 aromatic rings. The number of hydrogen-bond acceptors (Lipinski definition) is 4. The van der Waals surface area contributed by atoms with Crippen molar-refractivity contribution in [1.82, 2.24) is 14.9 Å². The maximum absolute atomic E-state index is 12.0. The van der Waals surface area contributed by atoms with Gasteiger partial charge in [-0.3, -0.25) is 4.79 Å². The maximum Gasteiger partial charge on any atom is 0.264 e. The van der Waals surface area contributed by atoms with Gasteiger partial charge in [-0.15, -0.1) is 5.10 Å². The van der Waals surface area contributed by atoms with E-state index in [1.807, 2.05) is 13.8 Å². The van der Waals surface area contributed by atoms with Crippen LogP contribution in [0.15, 0.2) is 0 Å². The van der Waals surface area contributed by atoms with E-state index in [4.69, 9.17) is 0 Å². The van der Waals surface area contributed by atoms with Gasteiger partial charge in [0, 0.05) is 11.9 Å². The monoisotopic (exact) mass is 319 g/mol. The van der Waals surface area contributed by atoms with Gasteiger partial charge in [0.15, 0.2) is 0 Å². The van der Waals surface area contributed by atoms with Crippen molar-refractivity contribution >= 4 is 33.4 Å². The van der Waals surface area contributed by atoms with Crippen molar-refractivity contribution in [2.45, 2.75) is 33.6 Å². The first-order valence-electron chi connectivity index (χ1n) is 5.54. The molecule has 0 saturated carbocycles. The zero-order valence-electron chi connectivity index (χ0n) is 10.6.